The topological polar surface area (TPSA) is 110 Å². The first-order chi connectivity index (χ1) is 11.6. The van der Waals surface area contributed by atoms with Crippen LogP contribution >= 0.6 is 0 Å². The van der Waals surface area contributed by atoms with Gasteiger partial charge in [0, 0.05) is 32.4 Å². The van der Waals surface area contributed by atoms with E-state index in [1.54, 1.807) is 0 Å². The summed E-state index contributed by atoms with van der Waals surface area (Å²) in [7, 11) is -4.01. The molecule has 2 heterocycles. The number of sulfonamides is 1. The molecule has 1 unspecified atom stereocenters. The van der Waals surface area contributed by atoms with E-state index in [9.17, 15) is 26.4 Å². The highest BCUT2D eigenvalue weighted by molar-refractivity contribution is 7.89. The molecule has 1 aromatic rings. The largest absolute Gasteiger partial charge is 0.408 e. The fraction of sp³-hybridized carbons (Fsp3) is 0.692. The van der Waals surface area contributed by atoms with Gasteiger partial charge in [-0.05, 0) is 12.8 Å². The number of rotatable bonds is 6. The summed E-state index contributed by atoms with van der Waals surface area (Å²) < 4.78 is 63.9. The monoisotopic (exact) mass is 383 g/mol. The Morgan fingerprint density at radius 2 is 2.16 bits per heavy atom. The van der Waals surface area contributed by atoms with Crippen LogP contribution in [0.5, 0.6) is 0 Å². The van der Waals surface area contributed by atoms with Crippen molar-refractivity contribution in [2.24, 2.45) is 11.7 Å². The molecule has 1 aliphatic rings. The van der Waals surface area contributed by atoms with Crippen molar-refractivity contribution >= 4 is 15.9 Å². The third-order valence-electron chi connectivity index (χ3n) is 3.79. The molecule has 0 spiro atoms. The van der Waals surface area contributed by atoms with Gasteiger partial charge in [0.25, 0.3) is 0 Å². The van der Waals surface area contributed by atoms with Gasteiger partial charge in [0.1, 0.15) is 11.4 Å². The van der Waals surface area contributed by atoms with Gasteiger partial charge in [-0.25, -0.2) is 8.42 Å². The van der Waals surface area contributed by atoms with Gasteiger partial charge in [0.2, 0.25) is 15.9 Å². The van der Waals surface area contributed by atoms with Crippen LogP contribution in [0.15, 0.2) is 17.3 Å². The van der Waals surface area contributed by atoms with Crippen molar-refractivity contribution in [1.29, 1.82) is 0 Å². The molecule has 0 saturated carbocycles. The Hall–Kier alpha value is -1.66. The van der Waals surface area contributed by atoms with Gasteiger partial charge in [-0.3, -0.25) is 9.48 Å². The lowest BCUT2D eigenvalue weighted by atomic mass is 9.99. The van der Waals surface area contributed by atoms with Crippen molar-refractivity contribution in [3.8, 4) is 0 Å². The van der Waals surface area contributed by atoms with Crippen LogP contribution < -0.4 is 11.1 Å². The second kappa shape index (κ2) is 7.70. The molecule has 8 nitrogen and oxygen atoms in total. The van der Waals surface area contributed by atoms with Crippen LogP contribution in [0.4, 0.5) is 13.2 Å². The highest BCUT2D eigenvalue weighted by atomic mass is 32.2. The van der Waals surface area contributed by atoms with Crippen LogP contribution in [0.25, 0.3) is 0 Å². The second-order valence-electron chi connectivity index (χ2n) is 5.77. The molecule has 1 aliphatic heterocycles. The molecular formula is C13H20F3N5O3S. The number of piperidine rings is 1. The molecular weight excluding hydrogens is 363 g/mol. The Labute approximate surface area is 143 Å². The molecule has 3 N–H and O–H groups in total. The van der Waals surface area contributed by atoms with Crippen LogP contribution in [0.2, 0.25) is 0 Å². The van der Waals surface area contributed by atoms with Crippen molar-refractivity contribution in [2.75, 3.05) is 26.2 Å². The number of alkyl halides is 3. The Kier molecular flexibility index (Phi) is 6.06. The molecule has 0 radical (unpaired) electrons. The molecule has 142 valence electrons. The van der Waals surface area contributed by atoms with Crippen LogP contribution in [0, 0.1) is 5.92 Å². The summed E-state index contributed by atoms with van der Waals surface area (Å²) in [5.41, 5.74) is 5.31. The molecule has 1 amide bonds. The lowest BCUT2D eigenvalue weighted by Crippen LogP contribution is -2.46. The number of hydrogen-bond donors (Lipinski definition) is 2. The fourth-order valence-corrected chi connectivity index (χ4v) is 4.09. The van der Waals surface area contributed by atoms with E-state index in [4.69, 9.17) is 5.73 Å². The molecule has 1 fully saturated rings. The normalized spacial score (nSPS) is 19.8. The maximum atomic E-state index is 12.6. The maximum Gasteiger partial charge on any atom is 0.408 e. The predicted molar refractivity (Wildman–Crippen MR) is 81.8 cm³/mol. The van der Waals surface area contributed by atoms with E-state index in [0.717, 1.165) is 16.7 Å². The van der Waals surface area contributed by atoms with Crippen LogP contribution in [-0.4, -0.2) is 60.8 Å². The summed E-state index contributed by atoms with van der Waals surface area (Å²) in [6.45, 7) is -0.617. The highest BCUT2D eigenvalue weighted by Crippen LogP contribution is 2.24. The first kappa shape index (κ1) is 19.7. The van der Waals surface area contributed by atoms with E-state index in [0.29, 0.717) is 24.1 Å². The fourth-order valence-electron chi connectivity index (χ4n) is 2.61. The molecule has 12 heteroatoms. The molecule has 1 aromatic heterocycles. The Morgan fingerprint density at radius 3 is 2.80 bits per heavy atom. The number of aromatic nitrogens is 2. The number of nitrogens with one attached hydrogen (secondary N) is 1. The standard InChI is InChI=1S/C13H20F3N5O3S/c14-13(15,16)9-20-8-11(6-19-20)25(23,24)21-5-1-2-10(7-21)12(22)18-4-3-17/h6,8,10H,1-5,7,9,17H2,(H,18,22). The second-order valence-corrected chi connectivity index (χ2v) is 7.71. The Balaban J connectivity index is 2.09. The van der Waals surface area contributed by atoms with Gasteiger partial charge >= 0.3 is 6.18 Å². The lowest BCUT2D eigenvalue weighted by Gasteiger charge is -2.30. The maximum absolute atomic E-state index is 12.6. The number of carbonyl (C=O) groups excluding carboxylic acids is 1. The van der Waals surface area contributed by atoms with Crippen molar-refractivity contribution in [2.45, 2.75) is 30.5 Å². The average Bonchev–Trinajstić information content (AvgIpc) is 3.00. The number of carbonyl (C=O) groups is 1. The first-order valence-corrected chi connectivity index (χ1v) is 9.14. The number of nitrogens with two attached hydrogens (primary N) is 1. The summed E-state index contributed by atoms with van der Waals surface area (Å²) >= 11 is 0. The lowest BCUT2D eigenvalue weighted by molar-refractivity contribution is -0.142. The quantitative estimate of drug-likeness (QED) is 0.714. The molecule has 2 rings (SSSR count). The summed E-state index contributed by atoms with van der Waals surface area (Å²) in [4.78, 5) is 11.7. The van der Waals surface area contributed by atoms with Gasteiger partial charge in [-0.15, -0.1) is 0 Å². The van der Waals surface area contributed by atoms with Crippen molar-refractivity contribution in [1.82, 2.24) is 19.4 Å². The van der Waals surface area contributed by atoms with Gasteiger partial charge < -0.3 is 11.1 Å². The van der Waals surface area contributed by atoms with Crippen LogP contribution in [0.1, 0.15) is 12.8 Å². The van der Waals surface area contributed by atoms with E-state index < -0.39 is 28.7 Å². The summed E-state index contributed by atoms with van der Waals surface area (Å²) in [6, 6.07) is 0. The van der Waals surface area contributed by atoms with E-state index in [-0.39, 0.29) is 30.4 Å². The minimum Gasteiger partial charge on any atom is -0.355 e. The Bertz CT molecular complexity index is 704. The zero-order valence-corrected chi connectivity index (χ0v) is 14.2. The highest BCUT2D eigenvalue weighted by Gasteiger charge is 2.35. The number of hydrogen-bond acceptors (Lipinski definition) is 5. The SMILES string of the molecule is NCCNC(=O)C1CCCN(S(=O)(=O)c2cnn(CC(F)(F)F)c2)C1. The summed E-state index contributed by atoms with van der Waals surface area (Å²) in [5.74, 6) is -0.793. The third kappa shape index (κ3) is 5.16. The van der Waals surface area contributed by atoms with Crippen LogP contribution in [0.3, 0.4) is 0 Å². The molecule has 0 aromatic carbocycles. The van der Waals surface area contributed by atoms with Gasteiger partial charge in [-0.1, -0.05) is 0 Å². The zero-order valence-electron chi connectivity index (χ0n) is 13.4. The van der Waals surface area contributed by atoms with E-state index in [2.05, 4.69) is 10.4 Å². The van der Waals surface area contributed by atoms with Crippen molar-refractivity contribution in [3.05, 3.63) is 12.4 Å². The minimum absolute atomic E-state index is 0.0246. The Morgan fingerprint density at radius 1 is 1.44 bits per heavy atom. The number of nitrogens with zero attached hydrogens (tertiary/aromatic N) is 3. The van der Waals surface area contributed by atoms with Crippen molar-refractivity contribution in [3.63, 3.8) is 0 Å². The zero-order chi connectivity index (χ0) is 18.7. The molecule has 25 heavy (non-hydrogen) atoms. The first-order valence-electron chi connectivity index (χ1n) is 7.70. The smallest absolute Gasteiger partial charge is 0.355 e. The summed E-state index contributed by atoms with van der Waals surface area (Å²) in [6.07, 6.45) is -1.74. The van der Waals surface area contributed by atoms with E-state index >= 15 is 0 Å². The van der Waals surface area contributed by atoms with Crippen molar-refractivity contribution < 1.29 is 26.4 Å². The number of halogens is 3. The van der Waals surface area contributed by atoms with Gasteiger partial charge in [0.05, 0.1) is 12.1 Å². The van der Waals surface area contributed by atoms with E-state index in [1.165, 1.54) is 0 Å². The van der Waals surface area contributed by atoms with Crippen LogP contribution in [-0.2, 0) is 21.4 Å². The predicted octanol–water partition coefficient (Wildman–Crippen LogP) is -0.0790. The summed E-state index contributed by atoms with van der Waals surface area (Å²) in [5, 5.41) is 6.07. The minimum atomic E-state index is -4.50. The third-order valence-corrected chi connectivity index (χ3v) is 5.61. The molecule has 0 bridgehead atoms. The number of amides is 1. The molecule has 0 aliphatic carbocycles. The average molecular weight is 383 g/mol. The van der Waals surface area contributed by atoms with Gasteiger partial charge in [0.15, 0.2) is 0 Å². The van der Waals surface area contributed by atoms with Gasteiger partial charge in [-0.2, -0.15) is 22.6 Å². The molecule has 1 atom stereocenters. The molecule has 1 saturated heterocycles. The van der Waals surface area contributed by atoms with E-state index in [1.807, 2.05) is 0 Å².